The quantitative estimate of drug-likeness (QED) is 0.833. The highest BCUT2D eigenvalue weighted by Crippen LogP contribution is 2.21. The number of nitrogens with zero attached hydrogens (tertiary/aromatic N) is 3. The van der Waals surface area contributed by atoms with Crippen molar-refractivity contribution in [3.05, 3.63) is 34.9 Å². The minimum Gasteiger partial charge on any atom is -0.481 e. The van der Waals surface area contributed by atoms with Crippen LogP contribution in [0.4, 0.5) is 11.5 Å². The fourth-order valence-corrected chi connectivity index (χ4v) is 1.75. The van der Waals surface area contributed by atoms with Crippen molar-refractivity contribution in [2.75, 3.05) is 18.2 Å². The number of anilines is 2. The van der Waals surface area contributed by atoms with Gasteiger partial charge >= 0.3 is 0 Å². The van der Waals surface area contributed by atoms with Crippen LogP contribution in [-0.4, -0.2) is 22.1 Å². The molecule has 0 saturated carbocycles. The Hall–Kier alpha value is -2.08. The lowest BCUT2D eigenvalue weighted by molar-refractivity contribution is 0.397. The highest BCUT2D eigenvalue weighted by molar-refractivity contribution is 6.28. The lowest BCUT2D eigenvalue weighted by Gasteiger charge is -2.10. The lowest BCUT2D eigenvalue weighted by atomic mass is 10.2. The minimum absolute atomic E-state index is 0.168. The van der Waals surface area contributed by atoms with Crippen molar-refractivity contribution in [1.82, 2.24) is 15.0 Å². The second-order valence-electron chi connectivity index (χ2n) is 3.90. The number of aromatic nitrogens is 3. The molecule has 0 saturated heterocycles. The van der Waals surface area contributed by atoms with E-state index in [9.17, 15) is 0 Å². The number of nitrogens with one attached hydrogen (secondary N) is 1. The molecule has 3 N–H and O–H groups in total. The molecule has 100 valence electrons. The minimum atomic E-state index is 0.168. The average Bonchev–Trinajstić information content (AvgIpc) is 2.41. The fraction of sp³-hybridized carbons (Fsp3) is 0.250. The second kappa shape index (κ2) is 5.71. The second-order valence-corrected chi connectivity index (χ2v) is 4.24. The van der Waals surface area contributed by atoms with E-state index in [1.165, 1.54) is 0 Å². The molecule has 7 heteroatoms. The molecule has 2 heterocycles. The van der Waals surface area contributed by atoms with Gasteiger partial charge in [0.2, 0.25) is 11.2 Å². The molecule has 0 bridgehead atoms. The third kappa shape index (κ3) is 3.23. The topological polar surface area (TPSA) is 86.0 Å². The van der Waals surface area contributed by atoms with Crippen LogP contribution in [0.2, 0.25) is 5.28 Å². The summed E-state index contributed by atoms with van der Waals surface area (Å²) < 4.78 is 5.06. The molecule has 0 aromatic carbocycles. The Morgan fingerprint density at radius 1 is 1.42 bits per heavy atom. The zero-order chi connectivity index (χ0) is 13.8. The molecule has 0 unspecified atom stereocenters. The molecule has 0 atom stereocenters. The van der Waals surface area contributed by atoms with Crippen LogP contribution in [0.15, 0.2) is 18.3 Å². The van der Waals surface area contributed by atoms with E-state index < -0.39 is 0 Å². The summed E-state index contributed by atoms with van der Waals surface area (Å²) in [5.41, 5.74) is 8.03. The first-order valence-electron chi connectivity index (χ1n) is 5.62. The summed E-state index contributed by atoms with van der Waals surface area (Å²) in [6.45, 7) is 2.32. The molecule has 0 aliphatic carbocycles. The molecule has 0 spiro atoms. The van der Waals surface area contributed by atoms with Crippen LogP contribution in [0.3, 0.4) is 0 Å². The Balaban J connectivity index is 2.14. The molecule has 0 radical (unpaired) electrons. The first kappa shape index (κ1) is 13.4. The van der Waals surface area contributed by atoms with Gasteiger partial charge in [0.05, 0.1) is 18.5 Å². The van der Waals surface area contributed by atoms with Gasteiger partial charge in [0, 0.05) is 18.8 Å². The van der Waals surface area contributed by atoms with E-state index in [1.807, 2.05) is 12.1 Å². The first-order chi connectivity index (χ1) is 9.10. The SMILES string of the molecule is COc1cc(CNc2nc(Cl)nc(C)c2N)ccn1. The maximum absolute atomic E-state index is 5.89. The van der Waals surface area contributed by atoms with Gasteiger partial charge in [0.15, 0.2) is 5.82 Å². The van der Waals surface area contributed by atoms with E-state index in [2.05, 4.69) is 20.3 Å². The Morgan fingerprint density at radius 2 is 2.21 bits per heavy atom. The number of halogens is 1. The van der Waals surface area contributed by atoms with E-state index in [0.29, 0.717) is 29.6 Å². The molecule has 0 fully saturated rings. The van der Waals surface area contributed by atoms with Gasteiger partial charge in [-0.25, -0.2) is 9.97 Å². The first-order valence-corrected chi connectivity index (χ1v) is 6.00. The third-order valence-electron chi connectivity index (χ3n) is 2.58. The lowest BCUT2D eigenvalue weighted by Crippen LogP contribution is -2.07. The molecule has 0 aliphatic heterocycles. The van der Waals surface area contributed by atoms with Gasteiger partial charge in [-0.1, -0.05) is 0 Å². The van der Waals surface area contributed by atoms with Gasteiger partial charge in [-0.3, -0.25) is 0 Å². The van der Waals surface area contributed by atoms with Crippen LogP contribution < -0.4 is 15.8 Å². The van der Waals surface area contributed by atoms with Gasteiger partial charge in [0.1, 0.15) is 0 Å². The van der Waals surface area contributed by atoms with Crippen molar-refractivity contribution in [3.8, 4) is 5.88 Å². The zero-order valence-electron chi connectivity index (χ0n) is 10.6. The maximum atomic E-state index is 5.89. The predicted molar refractivity (Wildman–Crippen MR) is 74.3 cm³/mol. The van der Waals surface area contributed by atoms with E-state index in [4.69, 9.17) is 22.1 Å². The number of methoxy groups -OCH3 is 1. The molecule has 0 aliphatic rings. The van der Waals surface area contributed by atoms with Crippen LogP contribution in [-0.2, 0) is 6.54 Å². The fourth-order valence-electron chi connectivity index (χ4n) is 1.54. The highest BCUT2D eigenvalue weighted by atomic mass is 35.5. The van der Waals surface area contributed by atoms with Crippen LogP contribution >= 0.6 is 11.6 Å². The third-order valence-corrected chi connectivity index (χ3v) is 2.75. The van der Waals surface area contributed by atoms with Gasteiger partial charge in [-0.05, 0) is 30.2 Å². The average molecular weight is 280 g/mol. The standard InChI is InChI=1S/C12H14ClN5O/c1-7-10(14)11(18-12(13)17-7)16-6-8-3-4-15-9(5-8)19-2/h3-5H,6,14H2,1-2H3,(H,16,17,18). The van der Waals surface area contributed by atoms with Gasteiger partial charge in [0.25, 0.3) is 0 Å². The molecular weight excluding hydrogens is 266 g/mol. The van der Waals surface area contributed by atoms with Crippen LogP contribution in [0.1, 0.15) is 11.3 Å². The Morgan fingerprint density at radius 3 is 2.95 bits per heavy atom. The van der Waals surface area contributed by atoms with Crippen molar-refractivity contribution in [2.24, 2.45) is 0 Å². The normalized spacial score (nSPS) is 10.3. The zero-order valence-corrected chi connectivity index (χ0v) is 11.4. The van der Waals surface area contributed by atoms with Crippen molar-refractivity contribution in [2.45, 2.75) is 13.5 Å². The molecule has 2 aromatic heterocycles. The van der Waals surface area contributed by atoms with Crippen molar-refractivity contribution < 1.29 is 4.74 Å². The van der Waals surface area contributed by atoms with Crippen LogP contribution in [0, 0.1) is 6.92 Å². The van der Waals surface area contributed by atoms with E-state index in [-0.39, 0.29) is 5.28 Å². The number of nitrogen functional groups attached to an aromatic ring is 1. The number of aryl methyl sites for hydroxylation is 1. The molecule has 2 aromatic rings. The highest BCUT2D eigenvalue weighted by Gasteiger charge is 2.07. The van der Waals surface area contributed by atoms with Crippen molar-refractivity contribution in [1.29, 1.82) is 0 Å². The molecular formula is C12H14ClN5O. The molecule has 6 nitrogen and oxygen atoms in total. The summed E-state index contributed by atoms with van der Waals surface area (Å²) >= 11 is 5.80. The van der Waals surface area contributed by atoms with Gasteiger partial charge in [-0.15, -0.1) is 0 Å². The van der Waals surface area contributed by atoms with Crippen LogP contribution in [0.5, 0.6) is 5.88 Å². The Bertz CT molecular complexity index is 590. The van der Waals surface area contributed by atoms with E-state index in [1.54, 1.807) is 20.2 Å². The summed E-state index contributed by atoms with van der Waals surface area (Å²) in [5, 5.41) is 3.29. The summed E-state index contributed by atoms with van der Waals surface area (Å²) in [6, 6.07) is 3.71. The summed E-state index contributed by atoms with van der Waals surface area (Å²) in [7, 11) is 1.57. The molecule has 2 rings (SSSR count). The number of hydrogen-bond acceptors (Lipinski definition) is 6. The summed E-state index contributed by atoms with van der Waals surface area (Å²) in [5.74, 6) is 1.08. The van der Waals surface area contributed by atoms with Crippen LogP contribution in [0.25, 0.3) is 0 Å². The van der Waals surface area contributed by atoms with Gasteiger partial charge in [-0.2, -0.15) is 4.98 Å². The van der Waals surface area contributed by atoms with Gasteiger partial charge < -0.3 is 15.8 Å². The van der Waals surface area contributed by atoms with E-state index in [0.717, 1.165) is 5.56 Å². The molecule has 0 amide bonds. The molecule has 19 heavy (non-hydrogen) atoms. The number of pyridine rings is 1. The number of rotatable bonds is 4. The Labute approximate surface area is 116 Å². The number of nitrogens with two attached hydrogens (primary N) is 1. The summed E-state index contributed by atoms with van der Waals surface area (Å²) in [4.78, 5) is 12.1. The van der Waals surface area contributed by atoms with E-state index >= 15 is 0 Å². The van der Waals surface area contributed by atoms with Crippen molar-refractivity contribution >= 4 is 23.1 Å². The van der Waals surface area contributed by atoms with Crippen molar-refractivity contribution in [3.63, 3.8) is 0 Å². The smallest absolute Gasteiger partial charge is 0.224 e. The number of ether oxygens (including phenoxy) is 1. The maximum Gasteiger partial charge on any atom is 0.224 e. The monoisotopic (exact) mass is 279 g/mol. The summed E-state index contributed by atoms with van der Waals surface area (Å²) in [6.07, 6.45) is 1.68. The predicted octanol–water partition coefficient (Wildman–Crippen LogP) is 2.04. The Kier molecular flexibility index (Phi) is 4.01. The largest absolute Gasteiger partial charge is 0.481 e. The number of hydrogen-bond donors (Lipinski definition) is 2.